The number of nitrogens with zero attached hydrogens (tertiary/aromatic N) is 2. The predicted octanol–water partition coefficient (Wildman–Crippen LogP) is 2.23. The first-order valence-electron chi connectivity index (χ1n) is 8.23. The minimum Gasteiger partial charge on any atom is -0.394 e. The summed E-state index contributed by atoms with van der Waals surface area (Å²) in [5.74, 6) is -0.303. The summed E-state index contributed by atoms with van der Waals surface area (Å²) in [6.07, 6.45) is -0.0958. The Balaban J connectivity index is 1.91. The number of nitrogens with one attached hydrogen (secondary N) is 1. The van der Waals surface area contributed by atoms with Crippen molar-refractivity contribution in [1.82, 2.24) is 15.1 Å². The van der Waals surface area contributed by atoms with Crippen LogP contribution in [0.5, 0.6) is 0 Å². The highest BCUT2D eigenvalue weighted by Gasteiger charge is 2.15. The number of aromatic nitrogens is 2. The van der Waals surface area contributed by atoms with Crippen LogP contribution in [0, 0.1) is 19.7 Å². The lowest BCUT2D eigenvalue weighted by molar-refractivity contribution is 0.153. The van der Waals surface area contributed by atoms with Crippen LogP contribution in [-0.2, 0) is 13.1 Å². The van der Waals surface area contributed by atoms with E-state index in [1.54, 1.807) is 12.1 Å². The maximum absolute atomic E-state index is 12.9. The third-order valence-electron chi connectivity index (χ3n) is 4.30. The number of aliphatic hydroxyl groups excluding tert-OH is 2. The summed E-state index contributed by atoms with van der Waals surface area (Å²) < 4.78 is 14.7. The molecule has 2 rings (SSSR count). The summed E-state index contributed by atoms with van der Waals surface area (Å²) in [4.78, 5) is 0. The van der Waals surface area contributed by atoms with E-state index in [9.17, 15) is 9.50 Å². The molecule has 0 aliphatic heterocycles. The molecule has 132 valence electrons. The third-order valence-corrected chi connectivity index (χ3v) is 4.30. The van der Waals surface area contributed by atoms with Gasteiger partial charge < -0.3 is 15.5 Å². The number of hydrogen-bond acceptors (Lipinski definition) is 4. The Bertz CT molecular complexity index is 655. The van der Waals surface area contributed by atoms with Crippen LogP contribution in [0.15, 0.2) is 24.3 Å². The second-order valence-corrected chi connectivity index (χ2v) is 6.18. The molecule has 1 aromatic carbocycles. The monoisotopic (exact) mass is 335 g/mol. The van der Waals surface area contributed by atoms with Gasteiger partial charge in [-0.05, 0) is 44.9 Å². The van der Waals surface area contributed by atoms with E-state index in [4.69, 9.17) is 5.11 Å². The number of hydrogen-bond donors (Lipinski definition) is 3. The van der Waals surface area contributed by atoms with Crippen LogP contribution < -0.4 is 5.32 Å². The van der Waals surface area contributed by atoms with Crippen LogP contribution in [0.25, 0.3) is 0 Å². The van der Waals surface area contributed by atoms with Gasteiger partial charge in [-0.25, -0.2) is 4.39 Å². The van der Waals surface area contributed by atoms with Gasteiger partial charge in [0, 0.05) is 23.8 Å². The van der Waals surface area contributed by atoms with E-state index in [0.29, 0.717) is 25.1 Å². The quantitative estimate of drug-likeness (QED) is 0.692. The van der Waals surface area contributed by atoms with Crippen LogP contribution in [0.4, 0.5) is 4.39 Å². The number of aryl methyl sites for hydroxylation is 1. The van der Waals surface area contributed by atoms with Crippen molar-refractivity contribution in [1.29, 1.82) is 0 Å². The lowest BCUT2D eigenvalue weighted by Crippen LogP contribution is -2.28. The summed E-state index contributed by atoms with van der Waals surface area (Å²) >= 11 is 0. The first kappa shape index (κ1) is 18.6. The fraction of sp³-hybridized carbons (Fsp3) is 0.500. The summed E-state index contributed by atoms with van der Waals surface area (Å²) in [5.41, 5.74) is 3.82. The van der Waals surface area contributed by atoms with E-state index >= 15 is 0 Å². The van der Waals surface area contributed by atoms with Gasteiger partial charge in [-0.15, -0.1) is 0 Å². The van der Waals surface area contributed by atoms with Crippen molar-refractivity contribution in [2.24, 2.45) is 0 Å². The van der Waals surface area contributed by atoms with Crippen molar-refractivity contribution in [2.75, 3.05) is 6.61 Å². The van der Waals surface area contributed by atoms with Crippen molar-refractivity contribution < 1.29 is 14.6 Å². The highest BCUT2D eigenvalue weighted by atomic mass is 19.1. The lowest BCUT2D eigenvalue weighted by Gasteiger charge is -2.18. The molecule has 0 spiro atoms. The van der Waals surface area contributed by atoms with Gasteiger partial charge in [0.15, 0.2) is 0 Å². The van der Waals surface area contributed by atoms with Gasteiger partial charge in [-0.1, -0.05) is 12.1 Å². The normalized spacial score (nSPS) is 13.9. The molecule has 3 N–H and O–H groups in total. The fourth-order valence-electron chi connectivity index (χ4n) is 2.82. The molecule has 0 amide bonds. The van der Waals surface area contributed by atoms with Crippen molar-refractivity contribution in [3.8, 4) is 0 Å². The molecule has 24 heavy (non-hydrogen) atoms. The molecule has 0 radical (unpaired) electrons. The Hall–Kier alpha value is -1.76. The topological polar surface area (TPSA) is 70.3 Å². The van der Waals surface area contributed by atoms with Crippen LogP contribution in [0.3, 0.4) is 0 Å². The molecule has 0 bridgehead atoms. The van der Waals surface area contributed by atoms with Gasteiger partial charge >= 0.3 is 0 Å². The Morgan fingerprint density at radius 3 is 2.54 bits per heavy atom. The standard InChI is InChI=1S/C18H26FN3O2/c1-12(10-18(24)15-4-6-16(19)7-5-15)20-11-17-13(2)21-22(8-9-23)14(17)3/h4-7,12,18,20,23-24H,8-11H2,1-3H3. The number of benzene rings is 1. The zero-order valence-electron chi connectivity index (χ0n) is 14.5. The average molecular weight is 335 g/mol. The Kier molecular flexibility index (Phi) is 6.48. The molecule has 1 aromatic heterocycles. The second kappa shape index (κ2) is 8.37. The van der Waals surface area contributed by atoms with Crippen molar-refractivity contribution in [3.05, 3.63) is 52.6 Å². The third kappa shape index (κ3) is 4.63. The van der Waals surface area contributed by atoms with Crippen molar-refractivity contribution >= 4 is 0 Å². The van der Waals surface area contributed by atoms with Gasteiger partial charge in [0.05, 0.1) is 24.9 Å². The number of halogens is 1. The molecular formula is C18H26FN3O2. The SMILES string of the molecule is Cc1nn(CCO)c(C)c1CNC(C)CC(O)c1ccc(F)cc1. The second-order valence-electron chi connectivity index (χ2n) is 6.18. The molecule has 1 heterocycles. The summed E-state index contributed by atoms with van der Waals surface area (Å²) in [5, 5.41) is 27.1. The minimum absolute atomic E-state index is 0.0646. The minimum atomic E-state index is -0.632. The van der Waals surface area contributed by atoms with Gasteiger partial charge in [-0.3, -0.25) is 4.68 Å². The fourth-order valence-corrected chi connectivity index (χ4v) is 2.82. The highest BCUT2D eigenvalue weighted by Crippen LogP contribution is 2.19. The van der Waals surface area contributed by atoms with E-state index in [2.05, 4.69) is 10.4 Å². The summed E-state index contributed by atoms with van der Waals surface area (Å²) in [6.45, 7) is 7.16. The molecule has 5 nitrogen and oxygen atoms in total. The van der Waals surface area contributed by atoms with Crippen molar-refractivity contribution in [3.63, 3.8) is 0 Å². The van der Waals surface area contributed by atoms with E-state index in [1.807, 2.05) is 25.5 Å². The van der Waals surface area contributed by atoms with E-state index in [-0.39, 0.29) is 18.5 Å². The van der Waals surface area contributed by atoms with Crippen LogP contribution in [-0.4, -0.2) is 32.6 Å². The first-order valence-corrected chi connectivity index (χ1v) is 8.23. The van der Waals surface area contributed by atoms with E-state index < -0.39 is 6.10 Å². The van der Waals surface area contributed by atoms with Crippen LogP contribution in [0.1, 0.15) is 42.0 Å². The number of aliphatic hydroxyl groups is 2. The molecule has 0 aliphatic rings. The molecule has 0 saturated heterocycles. The van der Waals surface area contributed by atoms with Crippen LogP contribution >= 0.6 is 0 Å². The van der Waals surface area contributed by atoms with E-state index in [0.717, 1.165) is 17.0 Å². The largest absolute Gasteiger partial charge is 0.394 e. The van der Waals surface area contributed by atoms with Crippen molar-refractivity contribution in [2.45, 2.75) is 52.4 Å². The molecule has 0 aliphatic carbocycles. The van der Waals surface area contributed by atoms with Gasteiger partial charge in [0.2, 0.25) is 0 Å². The predicted molar refractivity (Wildman–Crippen MR) is 91.1 cm³/mol. The molecule has 2 unspecified atom stereocenters. The molecule has 0 saturated carbocycles. The van der Waals surface area contributed by atoms with Gasteiger partial charge in [0.25, 0.3) is 0 Å². The molecule has 0 fully saturated rings. The van der Waals surface area contributed by atoms with E-state index in [1.165, 1.54) is 12.1 Å². The Labute approximate surface area is 142 Å². The Morgan fingerprint density at radius 1 is 1.25 bits per heavy atom. The smallest absolute Gasteiger partial charge is 0.123 e. The zero-order chi connectivity index (χ0) is 17.7. The molecule has 2 atom stereocenters. The summed E-state index contributed by atoms with van der Waals surface area (Å²) in [7, 11) is 0. The number of rotatable bonds is 8. The summed E-state index contributed by atoms with van der Waals surface area (Å²) in [6, 6.07) is 6.03. The zero-order valence-corrected chi connectivity index (χ0v) is 14.5. The average Bonchev–Trinajstić information content (AvgIpc) is 2.80. The molecule has 6 heteroatoms. The first-order chi connectivity index (χ1) is 11.4. The maximum Gasteiger partial charge on any atom is 0.123 e. The molecular weight excluding hydrogens is 309 g/mol. The van der Waals surface area contributed by atoms with Gasteiger partial charge in [0.1, 0.15) is 5.82 Å². The maximum atomic E-state index is 12.9. The highest BCUT2D eigenvalue weighted by molar-refractivity contribution is 5.24. The van der Waals surface area contributed by atoms with Crippen LogP contribution in [0.2, 0.25) is 0 Å². The van der Waals surface area contributed by atoms with Gasteiger partial charge in [-0.2, -0.15) is 5.10 Å². The lowest BCUT2D eigenvalue weighted by atomic mass is 10.0. The molecule has 2 aromatic rings. The Morgan fingerprint density at radius 2 is 1.92 bits per heavy atom.